The van der Waals surface area contributed by atoms with Gasteiger partial charge in [0, 0.05) is 28.8 Å². The zero-order valence-electron chi connectivity index (χ0n) is 19.5. The summed E-state index contributed by atoms with van der Waals surface area (Å²) in [6.45, 7) is 2.98. The minimum absolute atomic E-state index is 0.166. The van der Waals surface area contributed by atoms with Crippen LogP contribution in [-0.2, 0) is 16.0 Å². The van der Waals surface area contributed by atoms with Gasteiger partial charge in [0.2, 0.25) is 0 Å². The van der Waals surface area contributed by atoms with Gasteiger partial charge >= 0.3 is 5.97 Å². The van der Waals surface area contributed by atoms with E-state index in [0.717, 1.165) is 5.56 Å². The SMILES string of the molecule is CCOC(=O)C1CCOc2cc(Oc3ccc(C(=O)N(Br)CCc4ccc(Cl)cc4)cc3)c(Cl)cc21. The minimum atomic E-state index is -0.419. The number of ether oxygens (including phenoxy) is 3. The molecule has 1 aliphatic heterocycles. The molecule has 36 heavy (non-hydrogen) atoms. The lowest BCUT2D eigenvalue weighted by molar-refractivity contribution is -0.145. The van der Waals surface area contributed by atoms with Crippen LogP contribution in [0.2, 0.25) is 10.0 Å². The van der Waals surface area contributed by atoms with Crippen molar-refractivity contribution in [2.45, 2.75) is 25.7 Å². The number of fused-ring (bicyclic) bond motifs is 1. The number of carbonyl (C=O) groups excluding carboxylic acids is 2. The molecule has 0 aromatic heterocycles. The zero-order chi connectivity index (χ0) is 25.7. The summed E-state index contributed by atoms with van der Waals surface area (Å²) in [5.41, 5.74) is 2.28. The molecule has 9 heteroatoms. The summed E-state index contributed by atoms with van der Waals surface area (Å²) in [7, 11) is 0. The number of nitrogens with zero attached hydrogens (tertiary/aromatic N) is 1. The molecule has 0 saturated carbocycles. The molecule has 3 aromatic carbocycles. The van der Waals surface area contributed by atoms with Gasteiger partial charge < -0.3 is 14.2 Å². The third-order valence-corrected chi connectivity index (χ3v) is 6.96. The highest BCUT2D eigenvalue weighted by Gasteiger charge is 2.30. The summed E-state index contributed by atoms with van der Waals surface area (Å²) in [5, 5.41) is 1.03. The highest BCUT2D eigenvalue weighted by molar-refractivity contribution is 9.07. The highest BCUT2D eigenvalue weighted by Crippen LogP contribution is 2.42. The van der Waals surface area contributed by atoms with Crippen LogP contribution in [0.1, 0.15) is 40.7 Å². The van der Waals surface area contributed by atoms with Crippen LogP contribution in [0.3, 0.4) is 0 Å². The zero-order valence-corrected chi connectivity index (χ0v) is 22.6. The maximum atomic E-state index is 12.8. The molecule has 1 unspecified atom stereocenters. The van der Waals surface area contributed by atoms with Gasteiger partial charge in [-0.25, -0.2) is 0 Å². The molecular weight excluding hydrogens is 569 g/mol. The smallest absolute Gasteiger partial charge is 0.313 e. The Kier molecular flexibility index (Phi) is 8.77. The van der Waals surface area contributed by atoms with E-state index in [0.29, 0.717) is 71.0 Å². The normalized spacial score (nSPS) is 14.4. The average Bonchev–Trinajstić information content (AvgIpc) is 2.88. The van der Waals surface area contributed by atoms with E-state index in [2.05, 4.69) is 16.1 Å². The van der Waals surface area contributed by atoms with Crippen LogP contribution in [0.4, 0.5) is 0 Å². The highest BCUT2D eigenvalue weighted by atomic mass is 79.9. The predicted molar refractivity (Wildman–Crippen MR) is 143 cm³/mol. The average molecular weight is 593 g/mol. The molecule has 1 heterocycles. The minimum Gasteiger partial charge on any atom is -0.493 e. The molecule has 0 saturated heterocycles. The van der Waals surface area contributed by atoms with Gasteiger partial charge in [0.15, 0.2) is 0 Å². The summed E-state index contributed by atoms with van der Waals surface area (Å²) in [6, 6.07) is 17.7. The summed E-state index contributed by atoms with van der Waals surface area (Å²) in [6.07, 6.45) is 1.22. The van der Waals surface area contributed by atoms with Gasteiger partial charge in [-0.05, 0) is 67.8 Å². The number of hydrogen-bond donors (Lipinski definition) is 0. The first kappa shape index (κ1) is 26.3. The van der Waals surface area contributed by atoms with Crippen molar-refractivity contribution in [1.82, 2.24) is 3.93 Å². The van der Waals surface area contributed by atoms with E-state index in [1.165, 1.54) is 3.93 Å². The molecule has 0 spiro atoms. The van der Waals surface area contributed by atoms with Crippen molar-refractivity contribution in [3.05, 3.63) is 87.4 Å². The molecular formula is C27H24BrCl2NO5. The van der Waals surface area contributed by atoms with Crippen LogP contribution >= 0.6 is 39.3 Å². The van der Waals surface area contributed by atoms with Crippen LogP contribution in [0.25, 0.3) is 0 Å². The van der Waals surface area contributed by atoms with Crippen molar-refractivity contribution in [3.63, 3.8) is 0 Å². The lowest BCUT2D eigenvalue weighted by Gasteiger charge is -2.25. The Morgan fingerprint density at radius 1 is 1.08 bits per heavy atom. The molecule has 0 N–H and O–H groups in total. The molecule has 3 aromatic rings. The molecule has 0 bridgehead atoms. The Hall–Kier alpha value is -2.74. The first-order valence-corrected chi connectivity index (χ1v) is 12.9. The summed E-state index contributed by atoms with van der Waals surface area (Å²) >= 11 is 15.7. The van der Waals surface area contributed by atoms with Gasteiger partial charge in [-0.3, -0.25) is 13.5 Å². The number of hydrogen-bond acceptors (Lipinski definition) is 5. The van der Waals surface area contributed by atoms with E-state index in [1.54, 1.807) is 43.3 Å². The monoisotopic (exact) mass is 591 g/mol. The lowest BCUT2D eigenvalue weighted by atomic mass is 9.93. The van der Waals surface area contributed by atoms with Gasteiger partial charge in [-0.2, -0.15) is 0 Å². The van der Waals surface area contributed by atoms with E-state index >= 15 is 0 Å². The number of carbonyl (C=O) groups is 2. The lowest BCUT2D eigenvalue weighted by Crippen LogP contribution is -2.23. The van der Waals surface area contributed by atoms with Crippen molar-refractivity contribution in [2.24, 2.45) is 0 Å². The van der Waals surface area contributed by atoms with E-state index in [4.69, 9.17) is 37.4 Å². The van der Waals surface area contributed by atoms with Crippen LogP contribution < -0.4 is 9.47 Å². The quantitative estimate of drug-likeness (QED) is 0.204. The van der Waals surface area contributed by atoms with Crippen molar-refractivity contribution < 1.29 is 23.8 Å². The largest absolute Gasteiger partial charge is 0.493 e. The van der Waals surface area contributed by atoms with Crippen LogP contribution in [0.15, 0.2) is 60.7 Å². The second kappa shape index (κ2) is 12.0. The van der Waals surface area contributed by atoms with Crippen LogP contribution in [-0.4, -0.2) is 35.6 Å². The van der Waals surface area contributed by atoms with Gasteiger partial charge in [-0.1, -0.05) is 35.3 Å². The van der Waals surface area contributed by atoms with Gasteiger partial charge in [0.25, 0.3) is 5.91 Å². The van der Waals surface area contributed by atoms with Crippen LogP contribution in [0, 0.1) is 0 Å². The molecule has 4 rings (SSSR count). The van der Waals surface area contributed by atoms with Crippen LogP contribution in [0.5, 0.6) is 17.2 Å². The standard InChI is InChI=1S/C27H24BrCl2NO5/c1-2-34-27(33)21-12-14-35-24-16-25(23(30)15-22(21)24)36-20-9-5-18(6-10-20)26(32)31(28)13-11-17-3-7-19(29)8-4-17/h3-10,15-16,21H,2,11-14H2,1H3. The molecule has 0 fully saturated rings. The number of esters is 1. The van der Waals surface area contributed by atoms with Gasteiger partial charge in [-0.15, -0.1) is 0 Å². The molecule has 1 amide bonds. The van der Waals surface area contributed by atoms with E-state index in [9.17, 15) is 9.59 Å². The first-order chi connectivity index (χ1) is 17.4. The summed E-state index contributed by atoms with van der Waals surface area (Å²) < 4.78 is 18.4. The maximum absolute atomic E-state index is 12.8. The first-order valence-electron chi connectivity index (χ1n) is 11.5. The van der Waals surface area contributed by atoms with Gasteiger partial charge in [0.1, 0.15) is 17.2 Å². The molecule has 0 aliphatic carbocycles. The fourth-order valence-corrected chi connectivity index (χ4v) is 4.59. The van der Waals surface area contributed by atoms with E-state index < -0.39 is 5.92 Å². The summed E-state index contributed by atoms with van der Waals surface area (Å²) in [5.74, 6) is 0.567. The Labute approximate surface area is 228 Å². The van der Waals surface area contributed by atoms with Crippen molar-refractivity contribution in [1.29, 1.82) is 0 Å². The van der Waals surface area contributed by atoms with E-state index in [-0.39, 0.29) is 11.9 Å². The second-order valence-electron chi connectivity index (χ2n) is 8.16. The van der Waals surface area contributed by atoms with Crippen molar-refractivity contribution in [3.8, 4) is 17.2 Å². The number of benzene rings is 3. The number of halogens is 3. The molecule has 1 atom stereocenters. The number of rotatable bonds is 8. The van der Waals surface area contributed by atoms with E-state index in [1.807, 2.05) is 24.3 Å². The molecule has 1 aliphatic rings. The fraction of sp³-hybridized carbons (Fsp3) is 0.259. The maximum Gasteiger partial charge on any atom is 0.313 e. The molecule has 6 nitrogen and oxygen atoms in total. The topological polar surface area (TPSA) is 65.1 Å². The summed E-state index contributed by atoms with van der Waals surface area (Å²) in [4.78, 5) is 25.1. The fourth-order valence-electron chi connectivity index (χ4n) is 3.87. The van der Waals surface area contributed by atoms with Crippen molar-refractivity contribution >= 4 is 51.2 Å². The Bertz CT molecular complexity index is 1230. The second-order valence-corrected chi connectivity index (χ2v) is 9.86. The predicted octanol–water partition coefficient (Wildman–Crippen LogP) is 7.21. The Balaban J connectivity index is 1.41. The third kappa shape index (κ3) is 6.33. The number of amides is 1. The third-order valence-electron chi connectivity index (χ3n) is 5.73. The Morgan fingerprint density at radius 2 is 1.81 bits per heavy atom. The molecule has 188 valence electrons. The van der Waals surface area contributed by atoms with Gasteiger partial charge in [0.05, 0.1) is 40.3 Å². The van der Waals surface area contributed by atoms with Crippen molar-refractivity contribution in [2.75, 3.05) is 19.8 Å². The Morgan fingerprint density at radius 3 is 2.50 bits per heavy atom. The molecule has 0 radical (unpaired) electrons.